The number of amides is 1. The highest BCUT2D eigenvalue weighted by Gasteiger charge is 2.37. The van der Waals surface area contributed by atoms with E-state index in [-0.39, 0.29) is 18.1 Å². The van der Waals surface area contributed by atoms with Gasteiger partial charge in [-0.3, -0.25) is 15.3 Å². The molecule has 1 saturated heterocycles. The maximum atomic E-state index is 12.2. The van der Waals surface area contributed by atoms with Gasteiger partial charge in [-0.05, 0) is 36.8 Å². The highest BCUT2D eigenvalue weighted by molar-refractivity contribution is 5.83. The SMILES string of the molecule is O=C1C(CCc2ccccc2)NC(CCc2ccccc2)N1O. The van der Waals surface area contributed by atoms with Gasteiger partial charge < -0.3 is 0 Å². The van der Waals surface area contributed by atoms with Gasteiger partial charge in [-0.25, -0.2) is 5.06 Å². The Morgan fingerprint density at radius 3 is 1.96 bits per heavy atom. The number of carbonyl (C=O) groups is 1. The van der Waals surface area contributed by atoms with Gasteiger partial charge in [-0.2, -0.15) is 0 Å². The van der Waals surface area contributed by atoms with Crippen molar-refractivity contribution in [2.45, 2.75) is 37.9 Å². The van der Waals surface area contributed by atoms with Gasteiger partial charge in [0, 0.05) is 0 Å². The van der Waals surface area contributed by atoms with Crippen molar-refractivity contribution in [2.75, 3.05) is 0 Å². The zero-order valence-electron chi connectivity index (χ0n) is 13.1. The molecule has 0 saturated carbocycles. The van der Waals surface area contributed by atoms with E-state index in [9.17, 15) is 10.0 Å². The quantitative estimate of drug-likeness (QED) is 0.807. The minimum Gasteiger partial charge on any atom is -0.284 e. The first kappa shape index (κ1) is 15.7. The van der Waals surface area contributed by atoms with Crippen LogP contribution in [0.15, 0.2) is 60.7 Å². The maximum Gasteiger partial charge on any atom is 0.264 e. The molecule has 4 nitrogen and oxygen atoms in total. The van der Waals surface area contributed by atoms with Gasteiger partial charge in [-0.1, -0.05) is 60.7 Å². The van der Waals surface area contributed by atoms with Crippen molar-refractivity contribution in [2.24, 2.45) is 0 Å². The molecule has 2 aromatic carbocycles. The lowest BCUT2D eigenvalue weighted by molar-refractivity contribution is -0.166. The van der Waals surface area contributed by atoms with Crippen LogP contribution in [-0.4, -0.2) is 28.4 Å². The lowest BCUT2D eigenvalue weighted by Crippen LogP contribution is -2.35. The third-order valence-electron chi connectivity index (χ3n) is 4.33. The first-order valence-corrected chi connectivity index (χ1v) is 8.10. The van der Waals surface area contributed by atoms with Crippen molar-refractivity contribution in [1.29, 1.82) is 0 Å². The van der Waals surface area contributed by atoms with E-state index >= 15 is 0 Å². The molecule has 2 N–H and O–H groups in total. The first-order chi connectivity index (χ1) is 11.2. The fraction of sp³-hybridized carbons (Fsp3) is 0.316. The highest BCUT2D eigenvalue weighted by atomic mass is 16.5. The Kier molecular flexibility index (Phi) is 5.05. The molecule has 1 aliphatic rings. The maximum absolute atomic E-state index is 12.2. The molecule has 1 amide bonds. The van der Waals surface area contributed by atoms with Crippen LogP contribution in [0.1, 0.15) is 24.0 Å². The minimum atomic E-state index is -0.305. The molecule has 0 aliphatic carbocycles. The average Bonchev–Trinajstić information content (AvgIpc) is 2.88. The summed E-state index contributed by atoms with van der Waals surface area (Å²) in [6, 6.07) is 19.9. The van der Waals surface area contributed by atoms with Crippen molar-refractivity contribution in [1.82, 2.24) is 10.4 Å². The molecule has 2 aromatic rings. The second-order valence-electron chi connectivity index (χ2n) is 5.97. The number of benzene rings is 2. The average molecular weight is 310 g/mol. The predicted molar refractivity (Wildman–Crippen MR) is 88.9 cm³/mol. The van der Waals surface area contributed by atoms with Crippen molar-refractivity contribution in [3.8, 4) is 0 Å². The topological polar surface area (TPSA) is 52.6 Å². The first-order valence-electron chi connectivity index (χ1n) is 8.10. The molecule has 1 fully saturated rings. The zero-order valence-corrected chi connectivity index (χ0v) is 13.1. The Labute approximate surface area is 136 Å². The fourth-order valence-electron chi connectivity index (χ4n) is 3.00. The van der Waals surface area contributed by atoms with Crippen molar-refractivity contribution in [3.63, 3.8) is 0 Å². The van der Waals surface area contributed by atoms with E-state index < -0.39 is 0 Å². The van der Waals surface area contributed by atoms with E-state index in [4.69, 9.17) is 0 Å². The Hall–Kier alpha value is -2.17. The zero-order chi connectivity index (χ0) is 16.1. The van der Waals surface area contributed by atoms with Crippen LogP contribution in [0, 0.1) is 0 Å². The number of nitrogens with one attached hydrogen (secondary N) is 1. The molecule has 1 heterocycles. The Morgan fingerprint density at radius 1 is 0.870 bits per heavy atom. The van der Waals surface area contributed by atoms with Crippen molar-refractivity contribution < 1.29 is 10.0 Å². The van der Waals surface area contributed by atoms with E-state index in [0.29, 0.717) is 12.8 Å². The molecule has 0 spiro atoms. The minimum absolute atomic E-state index is 0.223. The van der Waals surface area contributed by atoms with Gasteiger partial charge in [0.15, 0.2) is 0 Å². The fourth-order valence-corrected chi connectivity index (χ4v) is 3.00. The summed E-state index contributed by atoms with van der Waals surface area (Å²) in [5.74, 6) is -0.223. The molecule has 4 heteroatoms. The number of carbonyl (C=O) groups excluding carboxylic acids is 1. The van der Waals surface area contributed by atoms with Gasteiger partial charge in [0.2, 0.25) is 0 Å². The molecule has 1 aliphatic heterocycles. The van der Waals surface area contributed by atoms with Gasteiger partial charge >= 0.3 is 0 Å². The largest absolute Gasteiger partial charge is 0.284 e. The third kappa shape index (κ3) is 3.97. The van der Waals surface area contributed by atoms with Gasteiger partial charge in [0.25, 0.3) is 5.91 Å². The summed E-state index contributed by atoms with van der Waals surface area (Å²) in [4.78, 5) is 12.2. The van der Waals surface area contributed by atoms with Crippen LogP contribution in [0.25, 0.3) is 0 Å². The van der Waals surface area contributed by atoms with E-state index in [1.54, 1.807) is 0 Å². The number of aryl methyl sites for hydroxylation is 2. The Morgan fingerprint density at radius 2 is 1.39 bits per heavy atom. The Balaban J connectivity index is 1.52. The lowest BCUT2D eigenvalue weighted by atomic mass is 10.1. The van der Waals surface area contributed by atoms with Crippen LogP contribution in [0.4, 0.5) is 0 Å². The van der Waals surface area contributed by atoms with Crippen LogP contribution in [0.5, 0.6) is 0 Å². The van der Waals surface area contributed by atoms with Gasteiger partial charge in [0.1, 0.15) is 6.17 Å². The summed E-state index contributed by atoms with van der Waals surface area (Å²) in [7, 11) is 0. The van der Waals surface area contributed by atoms with Gasteiger partial charge in [-0.15, -0.1) is 0 Å². The van der Waals surface area contributed by atoms with Crippen LogP contribution in [-0.2, 0) is 17.6 Å². The number of nitrogens with zero attached hydrogens (tertiary/aromatic N) is 1. The number of rotatable bonds is 6. The summed E-state index contributed by atoms with van der Waals surface area (Å²) >= 11 is 0. The van der Waals surface area contributed by atoms with E-state index in [1.807, 2.05) is 36.4 Å². The van der Waals surface area contributed by atoms with Crippen molar-refractivity contribution in [3.05, 3.63) is 71.8 Å². The normalized spacial score (nSPS) is 20.9. The molecule has 0 aromatic heterocycles. The summed E-state index contributed by atoms with van der Waals surface area (Å²) in [6.45, 7) is 0. The molecule has 3 rings (SSSR count). The van der Waals surface area contributed by atoms with E-state index in [0.717, 1.165) is 17.9 Å². The Bertz CT molecular complexity index is 630. The van der Waals surface area contributed by atoms with Gasteiger partial charge in [0.05, 0.1) is 6.04 Å². The molecule has 2 unspecified atom stereocenters. The summed E-state index contributed by atoms with van der Waals surface area (Å²) < 4.78 is 0. The molecule has 23 heavy (non-hydrogen) atoms. The molecule has 0 radical (unpaired) electrons. The van der Waals surface area contributed by atoms with Crippen LogP contribution in [0.2, 0.25) is 0 Å². The summed E-state index contributed by atoms with van der Waals surface area (Å²) in [5, 5.41) is 14.2. The van der Waals surface area contributed by atoms with Crippen LogP contribution < -0.4 is 5.32 Å². The standard InChI is InChI=1S/C19H22N2O2/c22-19-17(13-11-15-7-3-1-4-8-15)20-18(21(19)23)14-12-16-9-5-2-6-10-16/h1-10,17-18,20,23H,11-14H2. The number of hydrogen-bond acceptors (Lipinski definition) is 3. The predicted octanol–water partition coefficient (Wildman–Crippen LogP) is 2.77. The number of hydrogen-bond donors (Lipinski definition) is 2. The molecular formula is C19H22N2O2. The van der Waals surface area contributed by atoms with Crippen LogP contribution in [0.3, 0.4) is 0 Å². The molecule has 0 bridgehead atoms. The van der Waals surface area contributed by atoms with E-state index in [1.165, 1.54) is 11.1 Å². The molecular weight excluding hydrogens is 288 g/mol. The second kappa shape index (κ2) is 7.40. The number of hydroxylamine groups is 2. The van der Waals surface area contributed by atoms with E-state index in [2.05, 4.69) is 29.6 Å². The smallest absolute Gasteiger partial charge is 0.264 e. The van der Waals surface area contributed by atoms with Crippen LogP contribution >= 0.6 is 0 Å². The lowest BCUT2D eigenvalue weighted by Gasteiger charge is -2.16. The molecule has 120 valence electrons. The van der Waals surface area contributed by atoms with Crippen molar-refractivity contribution >= 4 is 5.91 Å². The summed E-state index contributed by atoms with van der Waals surface area (Å²) in [6.07, 6.45) is 2.75. The summed E-state index contributed by atoms with van der Waals surface area (Å²) in [5.41, 5.74) is 2.42. The highest BCUT2D eigenvalue weighted by Crippen LogP contribution is 2.17. The monoisotopic (exact) mass is 310 g/mol. The second-order valence-corrected chi connectivity index (χ2v) is 5.97. The molecule has 2 atom stereocenters. The third-order valence-corrected chi connectivity index (χ3v) is 4.33.